The molecule has 3 N–H and O–H groups in total. The minimum Gasteiger partial charge on any atom is -0.497 e. The lowest BCUT2D eigenvalue weighted by Gasteiger charge is -2.14. The predicted octanol–water partition coefficient (Wildman–Crippen LogP) is 3.24. The number of methoxy groups -OCH3 is 1. The predicted molar refractivity (Wildman–Crippen MR) is 105 cm³/mol. The molecular formula is C21H22F2N4O2. The summed E-state index contributed by atoms with van der Waals surface area (Å²) >= 11 is 0. The molecule has 1 fully saturated rings. The van der Waals surface area contributed by atoms with E-state index in [0.717, 1.165) is 47.1 Å². The number of fused-ring (bicyclic) bond motifs is 1. The first kappa shape index (κ1) is 19.4. The maximum atomic E-state index is 13.4. The Balaban J connectivity index is 1.51. The third-order valence-electron chi connectivity index (χ3n) is 5.15. The maximum Gasteiger partial charge on any atom is 0.252 e. The summed E-state index contributed by atoms with van der Waals surface area (Å²) < 4.78 is 34.2. The van der Waals surface area contributed by atoms with Gasteiger partial charge in [-0.05, 0) is 43.3 Å². The molecule has 1 amide bonds. The van der Waals surface area contributed by atoms with E-state index in [2.05, 4.69) is 33.7 Å². The standard InChI is InChI=1S/C21H22F2N4O2/c1-3-27-18-5-4-16(29-2)8-12(18)9-19(27)17-11-20(26-25-17)24-21(28)13-6-14(22)10-15(23)7-13/h4-10,17,20,25-26H,3,11H2,1-2H3,(H,24,28). The van der Waals surface area contributed by atoms with Crippen molar-refractivity contribution in [2.24, 2.45) is 0 Å². The Kier molecular flexibility index (Phi) is 5.21. The van der Waals surface area contributed by atoms with Gasteiger partial charge in [0.2, 0.25) is 0 Å². The minimum absolute atomic E-state index is 0.0390. The minimum atomic E-state index is -0.784. The van der Waals surface area contributed by atoms with Gasteiger partial charge in [-0.15, -0.1) is 0 Å². The SMILES string of the molecule is CCn1c(C2CC(NC(=O)c3cc(F)cc(F)c3)NN2)cc2cc(OC)ccc21. The monoisotopic (exact) mass is 400 g/mol. The third-order valence-corrected chi connectivity index (χ3v) is 5.15. The van der Waals surface area contributed by atoms with Crippen LogP contribution in [0.2, 0.25) is 0 Å². The van der Waals surface area contributed by atoms with E-state index in [-0.39, 0.29) is 17.8 Å². The molecule has 0 radical (unpaired) electrons. The number of rotatable bonds is 5. The Morgan fingerprint density at radius 3 is 2.62 bits per heavy atom. The van der Waals surface area contributed by atoms with Crippen molar-refractivity contribution in [1.29, 1.82) is 0 Å². The summed E-state index contributed by atoms with van der Waals surface area (Å²) in [6.07, 6.45) is 0.202. The second-order valence-corrected chi connectivity index (χ2v) is 7.00. The molecule has 0 saturated carbocycles. The second-order valence-electron chi connectivity index (χ2n) is 7.00. The van der Waals surface area contributed by atoms with Gasteiger partial charge in [-0.25, -0.2) is 19.6 Å². The van der Waals surface area contributed by atoms with Gasteiger partial charge < -0.3 is 14.6 Å². The van der Waals surface area contributed by atoms with Crippen LogP contribution < -0.4 is 20.9 Å². The molecule has 0 bridgehead atoms. The number of hydrogen-bond acceptors (Lipinski definition) is 4. The smallest absolute Gasteiger partial charge is 0.252 e. The summed E-state index contributed by atoms with van der Waals surface area (Å²) in [4.78, 5) is 12.4. The Hall–Kier alpha value is -2.97. The highest BCUT2D eigenvalue weighted by molar-refractivity contribution is 5.94. The first-order valence-electron chi connectivity index (χ1n) is 9.43. The Morgan fingerprint density at radius 1 is 1.17 bits per heavy atom. The molecule has 4 rings (SSSR count). The van der Waals surface area contributed by atoms with Crippen LogP contribution in [0, 0.1) is 11.6 Å². The van der Waals surface area contributed by atoms with Crippen molar-refractivity contribution < 1.29 is 18.3 Å². The molecule has 0 spiro atoms. The Morgan fingerprint density at radius 2 is 1.93 bits per heavy atom. The van der Waals surface area contributed by atoms with Gasteiger partial charge in [0.15, 0.2) is 0 Å². The fraction of sp³-hybridized carbons (Fsp3) is 0.286. The van der Waals surface area contributed by atoms with Crippen LogP contribution >= 0.6 is 0 Å². The van der Waals surface area contributed by atoms with Crippen molar-refractivity contribution in [3.8, 4) is 5.75 Å². The Bertz CT molecular complexity index is 1050. The van der Waals surface area contributed by atoms with E-state index in [1.54, 1.807) is 7.11 Å². The van der Waals surface area contributed by atoms with E-state index in [1.807, 2.05) is 18.2 Å². The molecule has 8 heteroatoms. The molecule has 2 aromatic carbocycles. The molecule has 2 heterocycles. The van der Waals surface area contributed by atoms with Crippen LogP contribution in [0.15, 0.2) is 42.5 Å². The fourth-order valence-corrected chi connectivity index (χ4v) is 3.81. The molecule has 2 atom stereocenters. The van der Waals surface area contributed by atoms with E-state index in [1.165, 1.54) is 0 Å². The topological polar surface area (TPSA) is 67.3 Å². The number of ether oxygens (including phenoxy) is 1. The summed E-state index contributed by atoms with van der Waals surface area (Å²) in [6, 6.07) is 10.8. The lowest BCUT2D eigenvalue weighted by atomic mass is 10.1. The number of aromatic nitrogens is 1. The van der Waals surface area contributed by atoms with Gasteiger partial charge in [0, 0.05) is 41.2 Å². The molecule has 1 aliphatic rings. The number of hydrogen-bond donors (Lipinski definition) is 3. The maximum absolute atomic E-state index is 13.4. The molecular weight excluding hydrogens is 378 g/mol. The number of nitrogens with zero attached hydrogens (tertiary/aromatic N) is 1. The molecule has 1 saturated heterocycles. The molecule has 1 aromatic heterocycles. The van der Waals surface area contributed by atoms with Crippen molar-refractivity contribution in [3.63, 3.8) is 0 Å². The highest BCUT2D eigenvalue weighted by Gasteiger charge is 2.29. The molecule has 3 aromatic rings. The molecule has 29 heavy (non-hydrogen) atoms. The van der Waals surface area contributed by atoms with Crippen LogP contribution in [0.1, 0.15) is 35.4 Å². The molecule has 6 nitrogen and oxygen atoms in total. The average Bonchev–Trinajstić information content (AvgIpc) is 3.30. The number of hydrazine groups is 1. The van der Waals surface area contributed by atoms with Gasteiger partial charge in [0.1, 0.15) is 17.4 Å². The van der Waals surface area contributed by atoms with Crippen LogP contribution in [0.4, 0.5) is 8.78 Å². The van der Waals surface area contributed by atoms with E-state index in [9.17, 15) is 13.6 Å². The first-order chi connectivity index (χ1) is 14.0. The van der Waals surface area contributed by atoms with Crippen molar-refractivity contribution in [3.05, 3.63) is 65.4 Å². The molecule has 0 aliphatic carbocycles. The zero-order valence-corrected chi connectivity index (χ0v) is 16.1. The molecule has 1 aliphatic heterocycles. The number of aryl methyl sites for hydroxylation is 1. The first-order valence-corrected chi connectivity index (χ1v) is 9.43. The highest BCUT2D eigenvalue weighted by atomic mass is 19.1. The summed E-state index contributed by atoms with van der Waals surface area (Å²) in [5.74, 6) is -1.31. The van der Waals surface area contributed by atoms with E-state index in [4.69, 9.17) is 4.74 Å². The van der Waals surface area contributed by atoms with Crippen LogP contribution in [0.5, 0.6) is 5.75 Å². The van der Waals surface area contributed by atoms with E-state index < -0.39 is 17.5 Å². The number of benzene rings is 2. The van der Waals surface area contributed by atoms with Gasteiger partial charge in [0.25, 0.3) is 5.91 Å². The van der Waals surface area contributed by atoms with Crippen LogP contribution in [0.3, 0.4) is 0 Å². The fourth-order valence-electron chi connectivity index (χ4n) is 3.81. The van der Waals surface area contributed by atoms with Gasteiger partial charge in [-0.3, -0.25) is 4.79 Å². The number of amides is 1. The van der Waals surface area contributed by atoms with Gasteiger partial charge >= 0.3 is 0 Å². The lowest BCUT2D eigenvalue weighted by Crippen LogP contribution is -2.44. The quantitative estimate of drug-likeness (QED) is 0.615. The van der Waals surface area contributed by atoms with Crippen molar-refractivity contribution in [1.82, 2.24) is 20.7 Å². The zero-order valence-electron chi connectivity index (χ0n) is 16.1. The normalized spacial score (nSPS) is 18.9. The second kappa shape index (κ2) is 7.81. The molecule has 2 unspecified atom stereocenters. The zero-order chi connectivity index (χ0) is 20.5. The van der Waals surface area contributed by atoms with Gasteiger partial charge in [-0.2, -0.15) is 0 Å². The average molecular weight is 400 g/mol. The van der Waals surface area contributed by atoms with Gasteiger partial charge in [-0.1, -0.05) is 0 Å². The van der Waals surface area contributed by atoms with Crippen molar-refractivity contribution in [2.45, 2.75) is 32.1 Å². The van der Waals surface area contributed by atoms with Gasteiger partial charge in [0.05, 0.1) is 19.3 Å². The lowest BCUT2D eigenvalue weighted by molar-refractivity contribution is 0.0931. The number of carbonyl (C=O) groups is 1. The number of carbonyl (C=O) groups excluding carboxylic acids is 1. The summed E-state index contributed by atoms with van der Waals surface area (Å²) in [5, 5.41) is 3.84. The van der Waals surface area contributed by atoms with Crippen LogP contribution in [0.25, 0.3) is 10.9 Å². The number of halogens is 2. The van der Waals surface area contributed by atoms with Crippen molar-refractivity contribution in [2.75, 3.05) is 7.11 Å². The summed E-state index contributed by atoms with van der Waals surface area (Å²) in [6.45, 7) is 2.87. The van der Waals surface area contributed by atoms with E-state index >= 15 is 0 Å². The van der Waals surface area contributed by atoms with Crippen LogP contribution in [-0.4, -0.2) is 23.7 Å². The third kappa shape index (κ3) is 3.81. The van der Waals surface area contributed by atoms with E-state index in [0.29, 0.717) is 6.42 Å². The Labute approximate surface area is 166 Å². The number of nitrogens with one attached hydrogen (secondary N) is 3. The molecule has 152 valence electrons. The largest absolute Gasteiger partial charge is 0.497 e. The highest BCUT2D eigenvalue weighted by Crippen LogP contribution is 2.30. The summed E-state index contributed by atoms with van der Waals surface area (Å²) in [7, 11) is 1.64. The van der Waals surface area contributed by atoms with Crippen molar-refractivity contribution >= 4 is 16.8 Å². The van der Waals surface area contributed by atoms with Crippen LogP contribution in [-0.2, 0) is 6.54 Å². The summed E-state index contributed by atoms with van der Waals surface area (Å²) in [5.41, 5.74) is 8.38.